The largest absolute Gasteiger partial charge is 0.493 e. The Labute approximate surface area is 203 Å². The lowest BCUT2D eigenvalue weighted by molar-refractivity contribution is 0.0971. The molecule has 1 aromatic heterocycles. The van der Waals surface area contributed by atoms with Gasteiger partial charge >= 0.3 is 0 Å². The summed E-state index contributed by atoms with van der Waals surface area (Å²) in [4.78, 5) is 29.0. The monoisotopic (exact) mass is 469 g/mol. The molecular formula is C29H27NO5. The summed E-state index contributed by atoms with van der Waals surface area (Å²) in [5, 5.41) is 0.443. The minimum Gasteiger partial charge on any atom is -0.493 e. The van der Waals surface area contributed by atoms with Crippen LogP contribution in [-0.2, 0) is 0 Å². The third-order valence-electron chi connectivity index (χ3n) is 6.17. The topological polar surface area (TPSA) is 69.0 Å². The second-order valence-electron chi connectivity index (χ2n) is 9.20. The van der Waals surface area contributed by atoms with Crippen molar-refractivity contribution in [1.29, 1.82) is 0 Å². The Kier molecular flexibility index (Phi) is 5.81. The zero-order valence-corrected chi connectivity index (χ0v) is 20.2. The number of hydrogen-bond donors (Lipinski definition) is 0. The molecule has 2 heterocycles. The maximum atomic E-state index is 13.7. The molecule has 6 heteroatoms. The van der Waals surface area contributed by atoms with E-state index in [2.05, 4.69) is 13.8 Å². The molecule has 1 amide bonds. The Hall–Kier alpha value is -4.06. The maximum absolute atomic E-state index is 13.7. The van der Waals surface area contributed by atoms with Crippen molar-refractivity contribution in [2.45, 2.75) is 26.8 Å². The van der Waals surface area contributed by atoms with E-state index in [1.165, 1.54) is 0 Å². The second kappa shape index (κ2) is 8.95. The number of para-hydroxylation sites is 1. The molecule has 6 nitrogen and oxygen atoms in total. The number of carbonyl (C=O) groups excluding carboxylic acids is 1. The lowest BCUT2D eigenvalue weighted by Gasteiger charge is -2.26. The highest BCUT2D eigenvalue weighted by molar-refractivity contribution is 6.10. The van der Waals surface area contributed by atoms with E-state index < -0.39 is 6.04 Å². The molecule has 4 aromatic rings. The molecule has 0 saturated carbocycles. The SMILES string of the molecule is COc1cc(C2c3c(oc4ccccc4c3=O)C(=O)N2c2ccc(C)cc2)ccc1OCC(C)C. The number of carbonyl (C=O) groups is 1. The molecule has 1 aliphatic rings. The normalized spacial score (nSPS) is 15.1. The predicted octanol–water partition coefficient (Wildman–Crippen LogP) is 5.89. The van der Waals surface area contributed by atoms with Gasteiger partial charge in [-0.05, 0) is 54.8 Å². The molecule has 1 atom stereocenters. The molecule has 178 valence electrons. The molecule has 35 heavy (non-hydrogen) atoms. The van der Waals surface area contributed by atoms with Gasteiger partial charge in [0, 0.05) is 5.69 Å². The zero-order valence-electron chi connectivity index (χ0n) is 20.2. The van der Waals surface area contributed by atoms with Crippen LogP contribution in [0, 0.1) is 12.8 Å². The van der Waals surface area contributed by atoms with Crippen molar-refractivity contribution >= 4 is 22.6 Å². The molecule has 3 aromatic carbocycles. The average molecular weight is 470 g/mol. The summed E-state index contributed by atoms with van der Waals surface area (Å²) in [6.07, 6.45) is 0. The van der Waals surface area contributed by atoms with Gasteiger partial charge in [0.15, 0.2) is 16.9 Å². The number of nitrogens with zero attached hydrogens (tertiary/aromatic N) is 1. The summed E-state index contributed by atoms with van der Waals surface area (Å²) in [6.45, 7) is 6.68. The standard InChI is InChI=1S/C29H27NO5/c1-17(2)16-34-23-14-11-19(15-24(23)33-4)26-25-27(31)21-7-5-6-8-22(21)35-28(25)29(32)30(26)20-12-9-18(3)10-13-20/h5-15,17,26H,16H2,1-4H3. The maximum Gasteiger partial charge on any atom is 0.295 e. The molecule has 0 fully saturated rings. The Bertz CT molecular complexity index is 1470. The zero-order chi connectivity index (χ0) is 24.7. The number of rotatable bonds is 6. The number of amides is 1. The summed E-state index contributed by atoms with van der Waals surface area (Å²) in [6, 6.07) is 19.5. The highest BCUT2D eigenvalue weighted by Gasteiger charge is 2.43. The first kappa shape index (κ1) is 22.7. The minimum atomic E-state index is -0.672. The lowest BCUT2D eigenvalue weighted by atomic mass is 9.97. The highest BCUT2D eigenvalue weighted by atomic mass is 16.5. The van der Waals surface area contributed by atoms with Crippen molar-refractivity contribution < 1.29 is 18.7 Å². The van der Waals surface area contributed by atoms with Crippen LogP contribution in [-0.4, -0.2) is 19.6 Å². The number of hydrogen-bond acceptors (Lipinski definition) is 5. The summed E-state index contributed by atoms with van der Waals surface area (Å²) in [7, 11) is 1.58. The van der Waals surface area contributed by atoms with Crippen LogP contribution < -0.4 is 19.8 Å². The fraction of sp³-hybridized carbons (Fsp3) is 0.241. The van der Waals surface area contributed by atoms with E-state index in [1.54, 1.807) is 36.3 Å². The first-order valence-electron chi connectivity index (χ1n) is 11.7. The van der Waals surface area contributed by atoms with Gasteiger partial charge in [-0.2, -0.15) is 0 Å². The smallest absolute Gasteiger partial charge is 0.295 e. The molecule has 0 bridgehead atoms. The second-order valence-corrected chi connectivity index (χ2v) is 9.20. The van der Waals surface area contributed by atoms with E-state index in [9.17, 15) is 9.59 Å². The van der Waals surface area contributed by atoms with Gasteiger partial charge in [0.2, 0.25) is 5.76 Å². The van der Waals surface area contributed by atoms with Gasteiger partial charge in [-0.3, -0.25) is 14.5 Å². The van der Waals surface area contributed by atoms with Gasteiger partial charge in [-0.15, -0.1) is 0 Å². The first-order valence-corrected chi connectivity index (χ1v) is 11.7. The summed E-state index contributed by atoms with van der Waals surface area (Å²) in [5.74, 6) is 1.22. The highest BCUT2D eigenvalue weighted by Crippen LogP contribution is 2.43. The summed E-state index contributed by atoms with van der Waals surface area (Å²) < 4.78 is 17.6. The van der Waals surface area contributed by atoms with Gasteiger partial charge < -0.3 is 13.9 Å². The average Bonchev–Trinajstić information content (AvgIpc) is 3.15. The molecule has 0 radical (unpaired) electrons. The Morgan fingerprint density at radius 1 is 0.971 bits per heavy atom. The fourth-order valence-electron chi connectivity index (χ4n) is 4.44. The van der Waals surface area contributed by atoms with E-state index in [4.69, 9.17) is 13.9 Å². The quantitative estimate of drug-likeness (QED) is 0.352. The van der Waals surface area contributed by atoms with Crippen LogP contribution in [0.25, 0.3) is 11.0 Å². The number of fused-ring (bicyclic) bond motifs is 2. The molecule has 0 N–H and O–H groups in total. The number of methoxy groups -OCH3 is 1. The van der Waals surface area contributed by atoms with Crippen molar-refractivity contribution in [2.24, 2.45) is 5.92 Å². The van der Waals surface area contributed by atoms with E-state index in [1.807, 2.05) is 49.4 Å². The van der Waals surface area contributed by atoms with E-state index >= 15 is 0 Å². The van der Waals surface area contributed by atoms with Crippen LogP contribution in [0.2, 0.25) is 0 Å². The van der Waals surface area contributed by atoms with Crippen LogP contribution in [0.15, 0.2) is 75.9 Å². The molecule has 0 spiro atoms. The first-order chi connectivity index (χ1) is 16.9. The van der Waals surface area contributed by atoms with Gasteiger partial charge in [-0.25, -0.2) is 0 Å². The number of ether oxygens (including phenoxy) is 2. The molecule has 1 aliphatic heterocycles. The van der Waals surface area contributed by atoms with Gasteiger partial charge in [0.05, 0.1) is 30.7 Å². The van der Waals surface area contributed by atoms with E-state index in [-0.39, 0.29) is 17.1 Å². The van der Waals surface area contributed by atoms with Gasteiger partial charge in [-0.1, -0.05) is 49.7 Å². The van der Waals surface area contributed by atoms with Crippen LogP contribution in [0.4, 0.5) is 5.69 Å². The van der Waals surface area contributed by atoms with E-state index in [0.29, 0.717) is 46.2 Å². The lowest BCUT2D eigenvalue weighted by Crippen LogP contribution is -2.29. The molecule has 5 rings (SSSR count). The van der Waals surface area contributed by atoms with Crippen molar-refractivity contribution in [3.63, 3.8) is 0 Å². The van der Waals surface area contributed by atoms with Gasteiger partial charge in [0.25, 0.3) is 5.91 Å². The van der Waals surface area contributed by atoms with Crippen LogP contribution in [0.1, 0.15) is 47.1 Å². The minimum absolute atomic E-state index is 0.0679. The van der Waals surface area contributed by atoms with Crippen molar-refractivity contribution in [1.82, 2.24) is 0 Å². The Morgan fingerprint density at radius 3 is 2.43 bits per heavy atom. The summed E-state index contributed by atoms with van der Waals surface area (Å²) >= 11 is 0. The van der Waals surface area contributed by atoms with E-state index in [0.717, 1.165) is 11.1 Å². The fourth-order valence-corrected chi connectivity index (χ4v) is 4.44. The number of aryl methyl sites for hydroxylation is 1. The van der Waals surface area contributed by atoms with Crippen molar-refractivity contribution in [3.05, 3.63) is 99.4 Å². The summed E-state index contributed by atoms with van der Waals surface area (Å²) in [5.41, 5.74) is 2.99. The predicted molar refractivity (Wildman–Crippen MR) is 136 cm³/mol. The molecule has 1 unspecified atom stereocenters. The number of anilines is 1. The van der Waals surface area contributed by atoms with Crippen LogP contribution in [0.5, 0.6) is 11.5 Å². The third-order valence-corrected chi connectivity index (χ3v) is 6.17. The number of benzene rings is 3. The third kappa shape index (κ3) is 3.95. The van der Waals surface area contributed by atoms with Gasteiger partial charge in [0.1, 0.15) is 5.58 Å². The van der Waals surface area contributed by atoms with Crippen molar-refractivity contribution in [2.75, 3.05) is 18.6 Å². The molecule has 0 saturated heterocycles. The van der Waals surface area contributed by atoms with Crippen LogP contribution >= 0.6 is 0 Å². The Morgan fingerprint density at radius 2 is 1.71 bits per heavy atom. The molecule has 0 aliphatic carbocycles. The molecular weight excluding hydrogens is 442 g/mol. The van der Waals surface area contributed by atoms with Crippen LogP contribution in [0.3, 0.4) is 0 Å². The van der Waals surface area contributed by atoms with Crippen molar-refractivity contribution in [3.8, 4) is 11.5 Å². The Balaban J connectivity index is 1.71.